The fraction of sp³-hybridized carbons (Fsp3) is 0.385. The molecule has 1 aromatic rings. The summed E-state index contributed by atoms with van der Waals surface area (Å²) in [6.45, 7) is 0.352. The minimum absolute atomic E-state index is 0.0867. The number of likely N-dealkylation sites (tertiary alicyclic amines) is 1. The number of carboxylic acids is 1. The van der Waals surface area contributed by atoms with E-state index in [1.807, 2.05) is 0 Å². The Kier molecular flexibility index (Phi) is 4.19. The summed E-state index contributed by atoms with van der Waals surface area (Å²) < 4.78 is 14.3. The number of nitrogens with zero attached hydrogens (tertiary/aromatic N) is 1. The molecule has 4 nitrogen and oxygen atoms in total. The quantitative estimate of drug-likeness (QED) is 0.907. The zero-order valence-corrected chi connectivity index (χ0v) is 11.7. The van der Waals surface area contributed by atoms with Crippen molar-refractivity contribution in [2.24, 2.45) is 0 Å². The van der Waals surface area contributed by atoms with Crippen molar-refractivity contribution >= 4 is 27.8 Å². The second kappa shape index (κ2) is 5.69. The predicted octanol–water partition coefficient (Wildman–Crippen LogP) is 2.67. The third-order valence-corrected chi connectivity index (χ3v) is 3.70. The molecule has 19 heavy (non-hydrogen) atoms. The van der Waals surface area contributed by atoms with Crippen LogP contribution in [-0.4, -0.2) is 34.5 Å². The van der Waals surface area contributed by atoms with Crippen LogP contribution >= 0.6 is 15.9 Å². The maximum absolute atomic E-state index is 13.8. The lowest BCUT2D eigenvalue weighted by atomic mass is 10.0. The van der Waals surface area contributed by atoms with Gasteiger partial charge in [0.05, 0.1) is 5.56 Å². The molecule has 1 fully saturated rings. The van der Waals surface area contributed by atoms with Crippen LogP contribution in [0.4, 0.5) is 4.39 Å². The van der Waals surface area contributed by atoms with E-state index in [-0.39, 0.29) is 5.56 Å². The van der Waals surface area contributed by atoms with E-state index >= 15 is 0 Å². The van der Waals surface area contributed by atoms with E-state index in [9.17, 15) is 14.0 Å². The molecule has 1 amide bonds. The smallest absolute Gasteiger partial charge is 0.326 e. The third kappa shape index (κ3) is 2.94. The molecule has 102 valence electrons. The van der Waals surface area contributed by atoms with Crippen molar-refractivity contribution in [2.75, 3.05) is 6.54 Å². The molecular formula is C13H13BrFNO3. The van der Waals surface area contributed by atoms with Gasteiger partial charge in [-0.15, -0.1) is 0 Å². The van der Waals surface area contributed by atoms with E-state index in [1.54, 1.807) is 6.07 Å². The Morgan fingerprint density at radius 1 is 1.37 bits per heavy atom. The first-order chi connectivity index (χ1) is 9.00. The van der Waals surface area contributed by atoms with Crippen LogP contribution in [0.2, 0.25) is 0 Å². The highest BCUT2D eigenvalue weighted by molar-refractivity contribution is 9.10. The summed E-state index contributed by atoms with van der Waals surface area (Å²) in [7, 11) is 0. The lowest BCUT2D eigenvalue weighted by Gasteiger charge is -2.33. The van der Waals surface area contributed by atoms with Gasteiger partial charge < -0.3 is 10.0 Å². The first-order valence-electron chi connectivity index (χ1n) is 5.99. The average Bonchev–Trinajstić information content (AvgIpc) is 2.38. The number of amides is 1. The number of hydrogen-bond donors (Lipinski definition) is 1. The summed E-state index contributed by atoms with van der Waals surface area (Å²) in [5, 5.41) is 9.12. The Bertz CT molecular complexity index is 521. The Labute approximate surface area is 118 Å². The van der Waals surface area contributed by atoms with E-state index in [0.29, 0.717) is 17.4 Å². The van der Waals surface area contributed by atoms with E-state index < -0.39 is 23.7 Å². The molecule has 1 saturated heterocycles. The number of hydrogen-bond acceptors (Lipinski definition) is 2. The first-order valence-corrected chi connectivity index (χ1v) is 6.79. The van der Waals surface area contributed by atoms with E-state index in [4.69, 9.17) is 5.11 Å². The average molecular weight is 330 g/mol. The van der Waals surface area contributed by atoms with Crippen LogP contribution in [0, 0.1) is 5.82 Å². The van der Waals surface area contributed by atoms with Gasteiger partial charge in [-0.1, -0.05) is 15.9 Å². The van der Waals surface area contributed by atoms with Gasteiger partial charge in [0.15, 0.2) is 0 Å². The Balaban J connectivity index is 2.28. The van der Waals surface area contributed by atoms with Crippen LogP contribution in [0.1, 0.15) is 29.6 Å². The number of halogens is 2. The molecule has 0 unspecified atom stereocenters. The van der Waals surface area contributed by atoms with Crippen molar-refractivity contribution in [1.82, 2.24) is 4.90 Å². The number of aliphatic carboxylic acids is 1. The molecule has 2 rings (SSSR count). The van der Waals surface area contributed by atoms with Crippen LogP contribution in [0.5, 0.6) is 0 Å². The lowest BCUT2D eigenvalue weighted by molar-refractivity contribution is -0.143. The van der Waals surface area contributed by atoms with Crippen molar-refractivity contribution in [3.63, 3.8) is 0 Å². The second-order valence-corrected chi connectivity index (χ2v) is 5.39. The molecule has 1 N–H and O–H groups in total. The molecule has 1 heterocycles. The minimum atomic E-state index is -1.04. The molecule has 0 radical (unpaired) electrons. The maximum Gasteiger partial charge on any atom is 0.326 e. The van der Waals surface area contributed by atoms with Crippen LogP contribution in [0.15, 0.2) is 22.7 Å². The Hall–Kier alpha value is -1.43. The summed E-state index contributed by atoms with van der Waals surface area (Å²) >= 11 is 3.12. The molecule has 1 aromatic carbocycles. The number of rotatable bonds is 2. The minimum Gasteiger partial charge on any atom is -0.480 e. The molecule has 1 atom stereocenters. The largest absolute Gasteiger partial charge is 0.480 e. The zero-order chi connectivity index (χ0) is 14.0. The Morgan fingerprint density at radius 2 is 2.11 bits per heavy atom. The van der Waals surface area contributed by atoms with Gasteiger partial charge in [0.1, 0.15) is 11.9 Å². The SMILES string of the molecule is O=C(O)[C@@H]1CCCCN1C(=O)c1ccc(Br)cc1F. The highest BCUT2D eigenvalue weighted by atomic mass is 79.9. The van der Waals surface area contributed by atoms with Gasteiger partial charge in [-0.05, 0) is 37.5 Å². The number of piperidine rings is 1. The van der Waals surface area contributed by atoms with Gasteiger partial charge in [-0.25, -0.2) is 9.18 Å². The summed E-state index contributed by atoms with van der Waals surface area (Å²) in [6, 6.07) is 3.28. The van der Waals surface area contributed by atoms with Crippen molar-refractivity contribution in [1.29, 1.82) is 0 Å². The van der Waals surface area contributed by atoms with Gasteiger partial charge in [0.25, 0.3) is 5.91 Å². The molecule has 0 saturated carbocycles. The molecule has 0 bridgehead atoms. The number of benzene rings is 1. The summed E-state index contributed by atoms with van der Waals surface area (Å²) in [5.41, 5.74) is -0.0867. The fourth-order valence-electron chi connectivity index (χ4n) is 2.25. The maximum atomic E-state index is 13.8. The van der Waals surface area contributed by atoms with Gasteiger partial charge in [-0.3, -0.25) is 4.79 Å². The van der Waals surface area contributed by atoms with Crippen LogP contribution < -0.4 is 0 Å². The van der Waals surface area contributed by atoms with Crippen molar-refractivity contribution < 1.29 is 19.1 Å². The molecule has 6 heteroatoms. The van der Waals surface area contributed by atoms with Crippen LogP contribution in [0.3, 0.4) is 0 Å². The van der Waals surface area contributed by atoms with E-state index in [0.717, 1.165) is 12.8 Å². The summed E-state index contributed by atoms with van der Waals surface area (Å²) in [4.78, 5) is 24.6. The molecule has 1 aliphatic heterocycles. The molecule has 0 aliphatic carbocycles. The van der Waals surface area contributed by atoms with Crippen molar-refractivity contribution in [3.8, 4) is 0 Å². The lowest BCUT2D eigenvalue weighted by Crippen LogP contribution is -2.48. The number of carboxylic acid groups (broad SMARTS) is 1. The van der Waals surface area contributed by atoms with E-state index in [2.05, 4.69) is 15.9 Å². The van der Waals surface area contributed by atoms with Crippen LogP contribution in [-0.2, 0) is 4.79 Å². The second-order valence-electron chi connectivity index (χ2n) is 4.47. The highest BCUT2D eigenvalue weighted by Gasteiger charge is 2.33. The molecule has 0 spiro atoms. The number of carbonyl (C=O) groups excluding carboxylic acids is 1. The molecule has 0 aromatic heterocycles. The van der Waals surface area contributed by atoms with Gasteiger partial charge in [0.2, 0.25) is 0 Å². The topological polar surface area (TPSA) is 57.6 Å². The fourth-order valence-corrected chi connectivity index (χ4v) is 2.58. The first kappa shape index (κ1) is 14.0. The zero-order valence-electron chi connectivity index (χ0n) is 10.1. The van der Waals surface area contributed by atoms with Crippen molar-refractivity contribution in [2.45, 2.75) is 25.3 Å². The normalized spacial score (nSPS) is 19.3. The molecule has 1 aliphatic rings. The van der Waals surface area contributed by atoms with Gasteiger partial charge in [-0.2, -0.15) is 0 Å². The predicted molar refractivity (Wildman–Crippen MR) is 70.4 cm³/mol. The van der Waals surface area contributed by atoms with Crippen LogP contribution in [0.25, 0.3) is 0 Å². The molecular weight excluding hydrogens is 317 g/mol. The third-order valence-electron chi connectivity index (χ3n) is 3.21. The van der Waals surface area contributed by atoms with Gasteiger partial charge >= 0.3 is 5.97 Å². The van der Waals surface area contributed by atoms with E-state index in [1.165, 1.54) is 17.0 Å². The monoisotopic (exact) mass is 329 g/mol. The van der Waals surface area contributed by atoms with Crippen molar-refractivity contribution in [3.05, 3.63) is 34.1 Å². The standard InChI is InChI=1S/C13H13BrFNO3/c14-8-4-5-9(10(15)7-8)12(17)16-6-2-1-3-11(16)13(18)19/h4-5,7,11H,1-3,6H2,(H,18,19)/t11-/m0/s1. The van der Waals surface area contributed by atoms with Gasteiger partial charge in [0, 0.05) is 11.0 Å². The summed E-state index contributed by atoms with van der Waals surface area (Å²) in [6.07, 6.45) is 1.93. The highest BCUT2D eigenvalue weighted by Crippen LogP contribution is 2.22. The Morgan fingerprint density at radius 3 is 2.74 bits per heavy atom. The number of carbonyl (C=O) groups is 2. The summed E-state index contributed by atoms with van der Waals surface area (Å²) in [5.74, 6) is -2.24.